The lowest BCUT2D eigenvalue weighted by Gasteiger charge is -2.31. The molecule has 0 bridgehead atoms. The number of halogens is 1. The van der Waals surface area contributed by atoms with Crippen molar-refractivity contribution in [3.63, 3.8) is 0 Å². The molecule has 1 saturated heterocycles. The smallest absolute Gasteiger partial charge is 0.309 e. The zero-order chi connectivity index (χ0) is 17.5. The van der Waals surface area contributed by atoms with Gasteiger partial charge in [0.2, 0.25) is 0 Å². The molecule has 24 heavy (non-hydrogen) atoms. The van der Waals surface area contributed by atoms with Crippen molar-refractivity contribution < 1.29 is 19.1 Å². The summed E-state index contributed by atoms with van der Waals surface area (Å²) >= 11 is 3.42. The van der Waals surface area contributed by atoms with E-state index in [9.17, 15) is 9.59 Å². The number of esters is 1. The Balaban J connectivity index is 2.05. The number of nitrogens with zero attached hydrogens (tertiary/aromatic N) is 1. The van der Waals surface area contributed by atoms with E-state index in [4.69, 9.17) is 9.47 Å². The Labute approximate surface area is 151 Å². The standard InChI is InChI=1S/C18H24BrNO4/c1-3-11-24-16-6-5-14(19)12-15(16)17(21)20-9-7-13(8-10-20)18(22)23-4-2/h5-6,12-13H,3-4,7-11H2,1-2H3. The summed E-state index contributed by atoms with van der Waals surface area (Å²) in [5, 5.41) is 0. The van der Waals surface area contributed by atoms with Gasteiger partial charge in [0.05, 0.1) is 24.7 Å². The second-order valence-electron chi connectivity index (χ2n) is 5.81. The van der Waals surface area contributed by atoms with Crippen LogP contribution in [0.3, 0.4) is 0 Å². The van der Waals surface area contributed by atoms with Gasteiger partial charge in [-0.2, -0.15) is 0 Å². The van der Waals surface area contributed by atoms with Crippen molar-refractivity contribution in [3.05, 3.63) is 28.2 Å². The molecular formula is C18H24BrNO4. The van der Waals surface area contributed by atoms with Crippen LogP contribution in [0.15, 0.2) is 22.7 Å². The molecule has 6 heteroatoms. The minimum absolute atomic E-state index is 0.0512. The van der Waals surface area contributed by atoms with Crippen molar-refractivity contribution in [2.45, 2.75) is 33.1 Å². The van der Waals surface area contributed by atoms with Crippen LogP contribution in [0.25, 0.3) is 0 Å². The minimum Gasteiger partial charge on any atom is -0.493 e. The van der Waals surface area contributed by atoms with Crippen LogP contribution in [0.4, 0.5) is 0 Å². The van der Waals surface area contributed by atoms with E-state index in [1.165, 1.54) is 0 Å². The first-order chi connectivity index (χ1) is 11.6. The molecule has 0 radical (unpaired) electrons. The van der Waals surface area contributed by atoms with E-state index in [1.54, 1.807) is 11.0 Å². The van der Waals surface area contributed by atoms with E-state index >= 15 is 0 Å². The molecule has 132 valence electrons. The van der Waals surface area contributed by atoms with E-state index in [0.717, 1.165) is 10.9 Å². The Morgan fingerprint density at radius 3 is 2.58 bits per heavy atom. The maximum absolute atomic E-state index is 12.8. The molecule has 1 amide bonds. The number of likely N-dealkylation sites (tertiary alicyclic amines) is 1. The van der Waals surface area contributed by atoms with Crippen molar-refractivity contribution in [1.29, 1.82) is 0 Å². The molecule has 0 spiro atoms. The number of hydrogen-bond donors (Lipinski definition) is 0. The number of piperidine rings is 1. The van der Waals surface area contributed by atoms with E-state index < -0.39 is 0 Å². The summed E-state index contributed by atoms with van der Waals surface area (Å²) in [6, 6.07) is 5.48. The molecule has 1 aromatic rings. The zero-order valence-electron chi connectivity index (χ0n) is 14.2. The highest BCUT2D eigenvalue weighted by Gasteiger charge is 2.29. The summed E-state index contributed by atoms with van der Waals surface area (Å²) in [7, 11) is 0. The molecule has 1 aromatic carbocycles. The lowest BCUT2D eigenvalue weighted by atomic mass is 9.96. The van der Waals surface area contributed by atoms with Gasteiger partial charge in [0, 0.05) is 17.6 Å². The molecule has 1 fully saturated rings. The summed E-state index contributed by atoms with van der Waals surface area (Å²) in [5.41, 5.74) is 0.562. The van der Waals surface area contributed by atoms with Gasteiger partial charge in [0.15, 0.2) is 0 Å². The fourth-order valence-corrected chi connectivity index (χ4v) is 3.12. The van der Waals surface area contributed by atoms with E-state index in [1.807, 2.05) is 26.0 Å². The maximum atomic E-state index is 12.8. The highest BCUT2D eigenvalue weighted by atomic mass is 79.9. The first kappa shape index (κ1) is 18.8. The van der Waals surface area contributed by atoms with Gasteiger partial charge in [0.1, 0.15) is 5.75 Å². The number of hydrogen-bond acceptors (Lipinski definition) is 4. The average Bonchev–Trinajstić information content (AvgIpc) is 2.60. The van der Waals surface area contributed by atoms with Gasteiger partial charge in [-0.05, 0) is 44.4 Å². The third-order valence-electron chi connectivity index (χ3n) is 4.04. The Morgan fingerprint density at radius 1 is 1.25 bits per heavy atom. The molecule has 0 aliphatic carbocycles. The number of carbonyl (C=O) groups is 2. The van der Waals surface area contributed by atoms with Crippen LogP contribution in [-0.4, -0.2) is 43.1 Å². The second kappa shape index (κ2) is 9.06. The largest absolute Gasteiger partial charge is 0.493 e. The summed E-state index contributed by atoms with van der Waals surface area (Å²) < 4.78 is 11.6. The van der Waals surface area contributed by atoms with Crippen LogP contribution in [0, 0.1) is 5.92 Å². The van der Waals surface area contributed by atoms with Gasteiger partial charge in [0.25, 0.3) is 5.91 Å². The third kappa shape index (κ3) is 4.72. The second-order valence-corrected chi connectivity index (χ2v) is 6.72. The van der Waals surface area contributed by atoms with Crippen LogP contribution in [0.5, 0.6) is 5.75 Å². The van der Waals surface area contributed by atoms with Crippen LogP contribution in [0.1, 0.15) is 43.5 Å². The average molecular weight is 398 g/mol. The number of rotatable bonds is 6. The molecule has 0 aromatic heterocycles. The highest BCUT2D eigenvalue weighted by molar-refractivity contribution is 9.10. The van der Waals surface area contributed by atoms with Crippen LogP contribution in [0.2, 0.25) is 0 Å². The lowest BCUT2D eigenvalue weighted by molar-refractivity contribution is -0.149. The number of benzene rings is 1. The fourth-order valence-electron chi connectivity index (χ4n) is 2.76. The maximum Gasteiger partial charge on any atom is 0.309 e. The Bertz CT molecular complexity index is 582. The molecule has 0 N–H and O–H groups in total. The predicted octanol–water partition coefficient (Wildman–Crippen LogP) is 3.65. The van der Waals surface area contributed by atoms with Gasteiger partial charge < -0.3 is 14.4 Å². The van der Waals surface area contributed by atoms with Gasteiger partial charge in [-0.25, -0.2) is 0 Å². The van der Waals surface area contributed by atoms with Gasteiger partial charge in [-0.15, -0.1) is 0 Å². The van der Waals surface area contributed by atoms with Gasteiger partial charge in [-0.3, -0.25) is 9.59 Å². The molecule has 2 rings (SSSR count). The van der Waals surface area contributed by atoms with Crippen molar-refractivity contribution in [2.75, 3.05) is 26.3 Å². The quantitative estimate of drug-likeness (QED) is 0.687. The van der Waals surface area contributed by atoms with E-state index in [0.29, 0.717) is 50.5 Å². The van der Waals surface area contributed by atoms with Gasteiger partial charge in [-0.1, -0.05) is 22.9 Å². The van der Waals surface area contributed by atoms with Crippen LogP contribution >= 0.6 is 15.9 Å². The first-order valence-electron chi connectivity index (χ1n) is 8.45. The number of ether oxygens (including phenoxy) is 2. The van der Waals surface area contributed by atoms with Crippen molar-refractivity contribution >= 4 is 27.8 Å². The summed E-state index contributed by atoms with van der Waals surface area (Å²) in [4.78, 5) is 26.4. The predicted molar refractivity (Wildman–Crippen MR) is 95.2 cm³/mol. The van der Waals surface area contributed by atoms with Crippen molar-refractivity contribution in [3.8, 4) is 5.75 Å². The number of amides is 1. The van der Waals surface area contributed by atoms with E-state index in [2.05, 4.69) is 15.9 Å². The molecule has 1 aliphatic rings. The Kier molecular flexibility index (Phi) is 7.09. The van der Waals surface area contributed by atoms with Crippen molar-refractivity contribution in [1.82, 2.24) is 4.90 Å². The molecule has 0 atom stereocenters. The SMILES string of the molecule is CCCOc1ccc(Br)cc1C(=O)N1CCC(C(=O)OCC)CC1. The molecule has 1 heterocycles. The summed E-state index contributed by atoms with van der Waals surface area (Å²) in [5.74, 6) is 0.300. The molecule has 5 nitrogen and oxygen atoms in total. The summed E-state index contributed by atoms with van der Waals surface area (Å²) in [6.45, 7) is 5.92. The number of carbonyl (C=O) groups excluding carboxylic acids is 2. The molecule has 0 unspecified atom stereocenters. The minimum atomic E-state index is -0.154. The first-order valence-corrected chi connectivity index (χ1v) is 9.24. The van der Waals surface area contributed by atoms with Crippen molar-refractivity contribution in [2.24, 2.45) is 5.92 Å². The normalized spacial score (nSPS) is 15.2. The van der Waals surface area contributed by atoms with Crippen LogP contribution in [-0.2, 0) is 9.53 Å². The zero-order valence-corrected chi connectivity index (χ0v) is 15.8. The Hall–Kier alpha value is -1.56. The van der Waals surface area contributed by atoms with E-state index in [-0.39, 0.29) is 17.8 Å². The van der Waals surface area contributed by atoms with Crippen LogP contribution < -0.4 is 4.74 Å². The lowest BCUT2D eigenvalue weighted by Crippen LogP contribution is -2.40. The summed E-state index contributed by atoms with van der Waals surface area (Å²) in [6.07, 6.45) is 2.17. The molecule has 0 saturated carbocycles. The molecule has 1 aliphatic heterocycles. The third-order valence-corrected chi connectivity index (χ3v) is 4.53. The monoisotopic (exact) mass is 397 g/mol. The Morgan fingerprint density at radius 2 is 1.96 bits per heavy atom. The fraction of sp³-hybridized carbons (Fsp3) is 0.556. The molecular weight excluding hydrogens is 374 g/mol. The topological polar surface area (TPSA) is 55.8 Å². The van der Waals surface area contributed by atoms with Gasteiger partial charge >= 0.3 is 5.97 Å². The highest BCUT2D eigenvalue weighted by Crippen LogP contribution is 2.27.